The van der Waals surface area contributed by atoms with E-state index in [-0.39, 0.29) is 38.0 Å². The van der Waals surface area contributed by atoms with E-state index in [4.69, 9.17) is 17.2 Å². The van der Waals surface area contributed by atoms with Crippen molar-refractivity contribution >= 4 is 51.4 Å². The molecule has 0 unspecified atom stereocenters. The molecule has 0 saturated heterocycles. The first-order valence-electron chi connectivity index (χ1n) is 17.4. The van der Waals surface area contributed by atoms with Crippen molar-refractivity contribution in [3.05, 3.63) is 47.0 Å². The highest BCUT2D eigenvalue weighted by Crippen LogP contribution is 2.14. The first-order valence-corrected chi connectivity index (χ1v) is 18.2. The number of nitrogens with two attached hydrogens (primary N) is 3. The van der Waals surface area contributed by atoms with E-state index in [0.29, 0.717) is 44.3 Å². The molecule has 0 spiro atoms. The summed E-state index contributed by atoms with van der Waals surface area (Å²) in [6.45, 7) is 9.60. The number of carbonyl (C=O) groups excluding carboxylic acids is 5. The third-order valence-electron chi connectivity index (χ3n) is 7.92. The average molecular weight is 782 g/mol. The van der Waals surface area contributed by atoms with E-state index in [0.717, 1.165) is 4.47 Å². The summed E-state index contributed by atoms with van der Waals surface area (Å²) in [7, 11) is 0. The van der Waals surface area contributed by atoms with Crippen molar-refractivity contribution in [2.75, 3.05) is 13.1 Å². The molecule has 0 aromatic heterocycles. The Hall–Kier alpha value is -3.86. The van der Waals surface area contributed by atoms with Crippen LogP contribution in [0, 0.1) is 5.92 Å². The Morgan fingerprint density at radius 3 is 1.59 bits per heavy atom. The number of hydrogen-bond acceptors (Lipinski definition) is 9. The molecule has 0 aliphatic heterocycles. The summed E-state index contributed by atoms with van der Waals surface area (Å²) in [6.07, 6.45) is 4.27. The summed E-state index contributed by atoms with van der Waals surface area (Å²) < 4.78 is 0.805. The average Bonchev–Trinajstić information content (AvgIpc) is 3.07. The van der Waals surface area contributed by atoms with Crippen molar-refractivity contribution in [2.24, 2.45) is 23.1 Å². The Kier molecular flexibility index (Phi) is 21.6. The van der Waals surface area contributed by atoms with E-state index in [1.807, 2.05) is 13.8 Å². The Morgan fingerprint density at radius 1 is 0.706 bits per heavy atom. The van der Waals surface area contributed by atoms with Crippen molar-refractivity contribution in [3.63, 3.8) is 0 Å². The van der Waals surface area contributed by atoms with Crippen LogP contribution in [0.1, 0.15) is 77.7 Å². The zero-order valence-electron chi connectivity index (χ0n) is 29.9. The van der Waals surface area contributed by atoms with Crippen LogP contribution in [-0.4, -0.2) is 90.0 Å². The lowest BCUT2D eigenvalue weighted by atomic mass is 10.0. The largest absolute Gasteiger partial charge is 0.480 e. The number of amides is 5. The number of benzene rings is 1. The van der Waals surface area contributed by atoms with Crippen molar-refractivity contribution in [2.45, 2.75) is 115 Å². The summed E-state index contributed by atoms with van der Waals surface area (Å²) >= 11 is 3.37. The van der Waals surface area contributed by atoms with Gasteiger partial charge in [0.25, 0.3) is 0 Å². The predicted octanol–water partition coefficient (Wildman–Crippen LogP) is 0.728. The van der Waals surface area contributed by atoms with E-state index in [1.54, 1.807) is 24.3 Å². The molecule has 1 aromatic rings. The van der Waals surface area contributed by atoms with Crippen LogP contribution in [0.2, 0.25) is 0 Å². The molecule has 16 heteroatoms. The maximum Gasteiger partial charge on any atom is 0.326 e. The minimum Gasteiger partial charge on any atom is -0.480 e. The highest BCUT2D eigenvalue weighted by molar-refractivity contribution is 9.10. The quantitative estimate of drug-likeness (QED) is 0.0496. The second-order valence-electron chi connectivity index (χ2n) is 13.0. The summed E-state index contributed by atoms with van der Waals surface area (Å²) in [6, 6.07) is 0.557. The van der Waals surface area contributed by atoms with E-state index in [2.05, 4.69) is 49.1 Å². The van der Waals surface area contributed by atoms with Gasteiger partial charge in [0.15, 0.2) is 0 Å². The van der Waals surface area contributed by atoms with Gasteiger partial charge in [-0.15, -0.1) is 6.58 Å². The minimum atomic E-state index is -1.20. The molecule has 286 valence electrons. The van der Waals surface area contributed by atoms with Gasteiger partial charge in [0, 0.05) is 10.9 Å². The van der Waals surface area contributed by atoms with Crippen molar-refractivity contribution in [3.8, 4) is 0 Å². The number of halogens is 1. The molecule has 0 fully saturated rings. The second-order valence-corrected chi connectivity index (χ2v) is 13.9. The van der Waals surface area contributed by atoms with Crippen LogP contribution in [0.25, 0.3) is 0 Å². The number of nitrogens with one attached hydrogen (secondary N) is 5. The second kappa shape index (κ2) is 24.3. The fourth-order valence-corrected chi connectivity index (χ4v) is 5.34. The third kappa shape index (κ3) is 17.8. The molecule has 1 rings (SSSR count). The van der Waals surface area contributed by atoms with E-state index < -0.39 is 71.8 Å². The monoisotopic (exact) mass is 780 g/mol. The summed E-state index contributed by atoms with van der Waals surface area (Å²) in [5, 5.41) is 23.0. The van der Waals surface area contributed by atoms with Crippen molar-refractivity contribution in [1.29, 1.82) is 0 Å². The van der Waals surface area contributed by atoms with E-state index in [1.165, 1.54) is 13.0 Å². The first kappa shape index (κ1) is 45.2. The van der Waals surface area contributed by atoms with Gasteiger partial charge in [0.05, 0.1) is 6.04 Å². The number of carboxylic acids is 1. The third-order valence-corrected chi connectivity index (χ3v) is 8.45. The molecule has 5 amide bonds. The van der Waals surface area contributed by atoms with Gasteiger partial charge in [0.1, 0.15) is 30.2 Å². The molecule has 0 aliphatic carbocycles. The lowest BCUT2D eigenvalue weighted by Gasteiger charge is -2.27. The fraction of sp³-hybridized carbons (Fsp3) is 0.600. The fourth-order valence-electron chi connectivity index (χ4n) is 5.07. The molecule has 0 bridgehead atoms. The normalized spacial score (nSPS) is 14.6. The van der Waals surface area contributed by atoms with Gasteiger partial charge in [-0.3, -0.25) is 24.0 Å². The van der Waals surface area contributed by atoms with Gasteiger partial charge in [-0.05, 0) is 95.0 Å². The minimum absolute atomic E-state index is 0.0229. The van der Waals surface area contributed by atoms with Crippen LogP contribution in [0.3, 0.4) is 0 Å². The maximum absolute atomic E-state index is 13.7. The molecule has 51 heavy (non-hydrogen) atoms. The first-order chi connectivity index (χ1) is 24.1. The van der Waals surface area contributed by atoms with Gasteiger partial charge < -0.3 is 48.9 Å². The Morgan fingerprint density at radius 2 is 1.14 bits per heavy atom. The predicted molar refractivity (Wildman–Crippen MR) is 199 cm³/mol. The van der Waals surface area contributed by atoms with Gasteiger partial charge >= 0.3 is 5.97 Å². The van der Waals surface area contributed by atoms with Crippen LogP contribution >= 0.6 is 15.9 Å². The number of carbonyl (C=O) groups is 6. The zero-order chi connectivity index (χ0) is 38.5. The summed E-state index contributed by atoms with van der Waals surface area (Å²) in [4.78, 5) is 78.6. The van der Waals surface area contributed by atoms with E-state index in [9.17, 15) is 33.9 Å². The smallest absolute Gasteiger partial charge is 0.326 e. The summed E-state index contributed by atoms with van der Waals surface area (Å²) in [5.41, 5.74) is 17.7. The maximum atomic E-state index is 13.7. The van der Waals surface area contributed by atoms with Crippen LogP contribution in [0.5, 0.6) is 0 Å². The van der Waals surface area contributed by atoms with Gasteiger partial charge in [-0.1, -0.05) is 48.0 Å². The van der Waals surface area contributed by atoms with Crippen molar-refractivity contribution < 1.29 is 33.9 Å². The van der Waals surface area contributed by atoms with Crippen molar-refractivity contribution in [1.82, 2.24) is 26.6 Å². The van der Waals surface area contributed by atoms with Gasteiger partial charge in [0.2, 0.25) is 29.5 Å². The van der Waals surface area contributed by atoms with Crippen LogP contribution < -0.4 is 43.8 Å². The number of aliphatic carboxylic acids is 1. The Labute approximate surface area is 309 Å². The topological polar surface area (TPSA) is 261 Å². The van der Waals surface area contributed by atoms with E-state index >= 15 is 0 Å². The number of hydrogen-bond donors (Lipinski definition) is 9. The molecule has 0 radical (unpaired) electrons. The molecule has 1 aromatic carbocycles. The molecule has 0 heterocycles. The molecule has 15 nitrogen and oxygen atoms in total. The lowest BCUT2D eigenvalue weighted by molar-refractivity contribution is -0.142. The SMILES string of the molecule is C=CC[C@H](NC(=O)[C@H](CCCCN)NC(=O)[C@H](CCCCN)NC(=O)[C@H](C)N)C(=O)N[C@@H](Cc1ccc(Br)cc1)C(=O)N[C@@H](CC(C)C)C(=O)O. The van der Waals surface area contributed by atoms with Gasteiger partial charge in [-0.25, -0.2) is 4.79 Å². The molecule has 12 N–H and O–H groups in total. The van der Waals surface area contributed by atoms with Crippen LogP contribution in [0.4, 0.5) is 0 Å². The zero-order valence-corrected chi connectivity index (χ0v) is 31.5. The molecular formula is C35H57BrN8O7. The van der Waals surface area contributed by atoms with Crippen LogP contribution in [0.15, 0.2) is 41.4 Å². The highest BCUT2D eigenvalue weighted by atomic mass is 79.9. The highest BCUT2D eigenvalue weighted by Gasteiger charge is 2.32. The van der Waals surface area contributed by atoms with Crippen LogP contribution in [-0.2, 0) is 35.2 Å². The molecule has 6 atom stereocenters. The lowest BCUT2D eigenvalue weighted by Crippen LogP contribution is -2.59. The van der Waals surface area contributed by atoms with Gasteiger partial charge in [-0.2, -0.15) is 0 Å². The number of rotatable bonds is 25. The standard InChI is InChI=1S/C35H57BrN8O7/c1-5-10-25(31(46)43-28(20-23-13-15-24(36)16-14-23)34(49)44-29(35(50)51)19-21(2)3)41-33(48)27(12-7-9-18-38)42-32(47)26(11-6-8-17-37)40-30(45)22(4)39/h5,13-16,21-22,25-29H,1,6-12,17-20,37-39H2,2-4H3,(H,40,45)(H,41,48)(H,42,47)(H,43,46)(H,44,49)(H,50,51)/t22-,25-,26-,27-,28-,29-/m0/s1. The Balaban J connectivity index is 3.29. The Bertz CT molecular complexity index is 1300. The molecular weight excluding hydrogens is 724 g/mol. The summed E-state index contributed by atoms with van der Waals surface area (Å²) in [5.74, 6) is -4.45. The molecule has 0 aliphatic rings. The number of unbranched alkanes of at least 4 members (excludes halogenated alkanes) is 2. The number of carboxylic acid groups (broad SMARTS) is 1. The molecule has 0 saturated carbocycles.